The first-order chi connectivity index (χ1) is 9.72. The lowest BCUT2D eigenvalue weighted by molar-refractivity contribution is 0.357. The van der Waals surface area contributed by atoms with Crippen molar-refractivity contribution in [2.24, 2.45) is 0 Å². The van der Waals surface area contributed by atoms with E-state index in [1.807, 2.05) is 17.8 Å². The van der Waals surface area contributed by atoms with Crippen LogP contribution in [0, 0.1) is 6.92 Å². The third kappa shape index (κ3) is 2.93. The largest absolute Gasteiger partial charge is 0.493 e. The van der Waals surface area contributed by atoms with E-state index in [0.29, 0.717) is 0 Å². The maximum atomic E-state index is 5.84. The molecule has 3 rings (SSSR count). The molecule has 0 spiro atoms. The maximum absolute atomic E-state index is 5.84. The number of fused-ring (bicyclic) bond motifs is 1. The molecule has 0 bridgehead atoms. The Bertz CT molecular complexity index is 624. The fourth-order valence-electron chi connectivity index (χ4n) is 2.45. The lowest BCUT2D eigenvalue weighted by atomic mass is 10.1. The number of hydrogen-bond donors (Lipinski definition) is 1. The van der Waals surface area contributed by atoms with E-state index in [0.717, 1.165) is 36.6 Å². The molecule has 1 aliphatic heterocycles. The highest BCUT2D eigenvalue weighted by molar-refractivity contribution is 7.99. The van der Waals surface area contributed by atoms with Crippen molar-refractivity contribution in [3.05, 3.63) is 53.1 Å². The standard InChI is InChI=1S/C17H19NOS/c1-12-2-4-15(18)11-17(12)20-9-7-13-3-5-16-14(10-13)6-8-19-16/h2-5,10-11H,6-9,18H2,1H3. The van der Waals surface area contributed by atoms with Gasteiger partial charge in [0.25, 0.3) is 0 Å². The number of benzene rings is 2. The zero-order chi connectivity index (χ0) is 13.9. The van der Waals surface area contributed by atoms with Crippen molar-refractivity contribution in [3.63, 3.8) is 0 Å². The van der Waals surface area contributed by atoms with E-state index >= 15 is 0 Å². The number of ether oxygens (including phenoxy) is 1. The molecule has 0 saturated carbocycles. The number of thioether (sulfide) groups is 1. The second kappa shape index (κ2) is 5.80. The zero-order valence-electron chi connectivity index (χ0n) is 11.7. The number of nitrogens with two attached hydrogens (primary N) is 1. The van der Waals surface area contributed by atoms with Crippen molar-refractivity contribution in [2.75, 3.05) is 18.1 Å². The van der Waals surface area contributed by atoms with Gasteiger partial charge in [0.1, 0.15) is 5.75 Å². The number of nitrogen functional groups attached to an aromatic ring is 1. The summed E-state index contributed by atoms with van der Waals surface area (Å²) in [5.41, 5.74) is 10.7. The van der Waals surface area contributed by atoms with Gasteiger partial charge in [0, 0.05) is 22.8 Å². The molecule has 1 heterocycles. The molecule has 3 heteroatoms. The van der Waals surface area contributed by atoms with E-state index in [1.165, 1.54) is 21.6 Å². The Labute approximate surface area is 124 Å². The van der Waals surface area contributed by atoms with Crippen LogP contribution in [-0.2, 0) is 12.8 Å². The predicted molar refractivity (Wildman–Crippen MR) is 85.7 cm³/mol. The first-order valence-electron chi connectivity index (χ1n) is 6.96. The van der Waals surface area contributed by atoms with E-state index in [4.69, 9.17) is 10.5 Å². The van der Waals surface area contributed by atoms with Gasteiger partial charge in [-0.25, -0.2) is 0 Å². The second-order valence-electron chi connectivity index (χ2n) is 5.16. The summed E-state index contributed by atoms with van der Waals surface area (Å²) in [7, 11) is 0. The van der Waals surface area contributed by atoms with Crippen LogP contribution in [-0.4, -0.2) is 12.4 Å². The summed E-state index contributed by atoms with van der Waals surface area (Å²) in [6, 6.07) is 12.7. The topological polar surface area (TPSA) is 35.2 Å². The predicted octanol–water partition coefficient (Wildman–Crippen LogP) is 3.85. The Balaban J connectivity index is 1.61. The zero-order valence-corrected chi connectivity index (χ0v) is 12.5. The van der Waals surface area contributed by atoms with Gasteiger partial charge in [-0.3, -0.25) is 0 Å². The molecule has 0 atom stereocenters. The highest BCUT2D eigenvalue weighted by atomic mass is 32.2. The fraction of sp³-hybridized carbons (Fsp3) is 0.294. The third-order valence-corrected chi connectivity index (χ3v) is 4.77. The average Bonchev–Trinajstić information content (AvgIpc) is 2.90. The molecule has 2 aromatic rings. The van der Waals surface area contributed by atoms with E-state index in [1.54, 1.807) is 0 Å². The van der Waals surface area contributed by atoms with Gasteiger partial charge in [-0.1, -0.05) is 18.2 Å². The molecule has 0 aliphatic carbocycles. The van der Waals surface area contributed by atoms with Crippen molar-refractivity contribution in [1.82, 2.24) is 0 Å². The minimum atomic E-state index is 0.829. The molecular weight excluding hydrogens is 266 g/mol. The summed E-state index contributed by atoms with van der Waals surface area (Å²) in [5.74, 6) is 2.14. The quantitative estimate of drug-likeness (QED) is 0.684. The van der Waals surface area contributed by atoms with Crippen LogP contribution >= 0.6 is 11.8 Å². The van der Waals surface area contributed by atoms with Crippen LogP contribution in [0.15, 0.2) is 41.3 Å². The van der Waals surface area contributed by atoms with Crippen LogP contribution in [0.1, 0.15) is 16.7 Å². The Kier molecular flexibility index (Phi) is 3.88. The highest BCUT2D eigenvalue weighted by Gasteiger charge is 2.11. The molecule has 0 amide bonds. The van der Waals surface area contributed by atoms with Crippen LogP contribution in [0.4, 0.5) is 5.69 Å². The summed E-state index contributed by atoms with van der Waals surface area (Å²) < 4.78 is 5.54. The lowest BCUT2D eigenvalue weighted by Gasteiger charge is -2.07. The van der Waals surface area contributed by atoms with Crippen LogP contribution in [0.3, 0.4) is 0 Å². The molecule has 1 aliphatic rings. The number of aryl methyl sites for hydroxylation is 2. The Morgan fingerprint density at radius 2 is 2.10 bits per heavy atom. The number of anilines is 1. The van der Waals surface area contributed by atoms with Gasteiger partial charge in [-0.2, -0.15) is 0 Å². The first-order valence-corrected chi connectivity index (χ1v) is 7.94. The van der Waals surface area contributed by atoms with Gasteiger partial charge in [-0.05, 0) is 48.2 Å². The molecule has 20 heavy (non-hydrogen) atoms. The van der Waals surface area contributed by atoms with Crippen LogP contribution in [0.5, 0.6) is 5.75 Å². The van der Waals surface area contributed by atoms with Gasteiger partial charge < -0.3 is 10.5 Å². The first kappa shape index (κ1) is 13.4. The van der Waals surface area contributed by atoms with Crippen molar-refractivity contribution < 1.29 is 4.74 Å². The number of rotatable bonds is 4. The van der Waals surface area contributed by atoms with Gasteiger partial charge >= 0.3 is 0 Å². The van der Waals surface area contributed by atoms with Crippen molar-refractivity contribution >= 4 is 17.4 Å². The third-order valence-electron chi connectivity index (χ3n) is 3.61. The molecule has 0 radical (unpaired) electrons. The molecule has 104 valence electrons. The Morgan fingerprint density at radius 3 is 3.00 bits per heavy atom. The molecule has 0 aromatic heterocycles. The summed E-state index contributed by atoms with van der Waals surface area (Å²) in [4.78, 5) is 1.29. The smallest absolute Gasteiger partial charge is 0.122 e. The van der Waals surface area contributed by atoms with Crippen LogP contribution < -0.4 is 10.5 Å². The Morgan fingerprint density at radius 1 is 1.20 bits per heavy atom. The molecule has 0 saturated heterocycles. The molecule has 2 N–H and O–H groups in total. The van der Waals surface area contributed by atoms with Crippen molar-refractivity contribution in [2.45, 2.75) is 24.7 Å². The molecule has 2 aromatic carbocycles. The Hall–Kier alpha value is -1.61. The monoisotopic (exact) mass is 285 g/mol. The van der Waals surface area contributed by atoms with E-state index < -0.39 is 0 Å². The average molecular weight is 285 g/mol. The minimum Gasteiger partial charge on any atom is -0.493 e. The lowest BCUT2D eigenvalue weighted by Crippen LogP contribution is -1.92. The summed E-state index contributed by atoms with van der Waals surface area (Å²) in [6.07, 6.45) is 2.12. The van der Waals surface area contributed by atoms with Crippen molar-refractivity contribution in [1.29, 1.82) is 0 Å². The maximum Gasteiger partial charge on any atom is 0.122 e. The molecule has 0 unspecified atom stereocenters. The number of hydrogen-bond acceptors (Lipinski definition) is 3. The highest BCUT2D eigenvalue weighted by Crippen LogP contribution is 2.28. The second-order valence-corrected chi connectivity index (χ2v) is 6.30. The van der Waals surface area contributed by atoms with Crippen LogP contribution in [0.25, 0.3) is 0 Å². The van der Waals surface area contributed by atoms with Crippen molar-refractivity contribution in [3.8, 4) is 5.75 Å². The van der Waals surface area contributed by atoms with E-state index in [2.05, 4.69) is 37.3 Å². The van der Waals surface area contributed by atoms with Gasteiger partial charge in [-0.15, -0.1) is 11.8 Å². The fourth-order valence-corrected chi connectivity index (χ4v) is 3.52. The van der Waals surface area contributed by atoms with Gasteiger partial charge in [0.15, 0.2) is 0 Å². The minimum absolute atomic E-state index is 0.829. The summed E-state index contributed by atoms with van der Waals surface area (Å²) in [5, 5.41) is 0. The SMILES string of the molecule is Cc1ccc(N)cc1SCCc1ccc2c(c1)CCO2. The summed E-state index contributed by atoms with van der Waals surface area (Å²) in [6.45, 7) is 2.96. The molecule has 2 nitrogen and oxygen atoms in total. The van der Waals surface area contributed by atoms with Gasteiger partial charge in [0.2, 0.25) is 0 Å². The van der Waals surface area contributed by atoms with E-state index in [-0.39, 0.29) is 0 Å². The summed E-state index contributed by atoms with van der Waals surface area (Å²) >= 11 is 1.88. The normalized spacial score (nSPS) is 13.1. The van der Waals surface area contributed by atoms with Gasteiger partial charge in [0.05, 0.1) is 6.61 Å². The van der Waals surface area contributed by atoms with E-state index in [9.17, 15) is 0 Å². The molecule has 0 fully saturated rings. The molecular formula is C17H19NOS. The van der Waals surface area contributed by atoms with Crippen LogP contribution in [0.2, 0.25) is 0 Å².